The average Bonchev–Trinajstić information content (AvgIpc) is 2.53. The first-order valence-corrected chi connectivity index (χ1v) is 9.16. The molecule has 1 fully saturated rings. The smallest absolute Gasteiger partial charge is 0.244 e. The summed E-state index contributed by atoms with van der Waals surface area (Å²) in [4.78, 5) is 13.4. The third-order valence-electron chi connectivity index (χ3n) is 4.28. The molecular weight excluding hydrogens is 336 g/mol. The zero-order valence-electron chi connectivity index (χ0n) is 15.4. The number of aryl methyl sites for hydroxylation is 2. The van der Waals surface area contributed by atoms with E-state index < -0.39 is 0 Å². The Morgan fingerprint density at radius 1 is 1.24 bits per heavy atom. The van der Waals surface area contributed by atoms with Gasteiger partial charge >= 0.3 is 0 Å². The summed E-state index contributed by atoms with van der Waals surface area (Å²) in [6.07, 6.45) is 0.942. The van der Waals surface area contributed by atoms with E-state index in [9.17, 15) is 4.79 Å². The predicted octanol–water partition coefficient (Wildman–Crippen LogP) is 0.703. The van der Waals surface area contributed by atoms with Gasteiger partial charge in [-0.15, -0.1) is 0 Å². The van der Waals surface area contributed by atoms with Crippen molar-refractivity contribution in [1.82, 2.24) is 10.9 Å². The normalized spacial score (nSPS) is 23.0. The van der Waals surface area contributed by atoms with E-state index in [1.54, 1.807) is 0 Å². The van der Waals surface area contributed by atoms with Gasteiger partial charge in [0.25, 0.3) is 0 Å². The predicted molar refractivity (Wildman–Crippen MR) is 104 cm³/mol. The lowest BCUT2D eigenvalue weighted by Gasteiger charge is -2.32. The van der Waals surface area contributed by atoms with E-state index in [1.807, 2.05) is 26.0 Å². The van der Waals surface area contributed by atoms with Crippen LogP contribution in [-0.4, -0.2) is 42.9 Å². The summed E-state index contributed by atoms with van der Waals surface area (Å²) in [6.45, 7) is 10.9. The number of rotatable bonds is 4. The number of carbonyl (C=O) groups is 1. The first-order valence-electron chi connectivity index (χ1n) is 8.75. The first-order chi connectivity index (χ1) is 11.8. The summed E-state index contributed by atoms with van der Waals surface area (Å²) < 4.78 is 5.72. The van der Waals surface area contributed by atoms with E-state index in [4.69, 9.17) is 17.0 Å². The molecule has 138 valence electrons. The standard InChI is InChI=1S/C18H28N4O2S/c1-12-5-6-13(2)16(9-12)19-18(25)21-20-17(23)7-8-22-10-14(3)24-15(4)11-22/h5-6,9,14-15H,7-8,10-11H2,1-4H3,(H,20,23)(H2,19,21,25)/p+1/t14-,15-/m0/s1. The van der Waals surface area contributed by atoms with Gasteiger partial charge in [0.2, 0.25) is 5.91 Å². The molecule has 0 unspecified atom stereocenters. The summed E-state index contributed by atoms with van der Waals surface area (Å²) in [7, 11) is 0. The Hall–Kier alpha value is -1.70. The van der Waals surface area contributed by atoms with Gasteiger partial charge in [-0.3, -0.25) is 15.6 Å². The highest BCUT2D eigenvalue weighted by atomic mass is 32.1. The molecule has 1 aromatic carbocycles. The van der Waals surface area contributed by atoms with Crippen molar-refractivity contribution in [2.45, 2.75) is 46.3 Å². The van der Waals surface area contributed by atoms with Gasteiger partial charge < -0.3 is 15.0 Å². The Morgan fingerprint density at radius 2 is 1.92 bits per heavy atom. The van der Waals surface area contributed by atoms with E-state index in [0.717, 1.165) is 36.4 Å². The summed E-state index contributed by atoms with van der Waals surface area (Å²) in [5.41, 5.74) is 8.62. The maximum Gasteiger partial charge on any atom is 0.244 e. The van der Waals surface area contributed by atoms with Crippen molar-refractivity contribution >= 4 is 28.9 Å². The lowest BCUT2D eigenvalue weighted by Crippen LogP contribution is -3.15. The molecule has 0 bridgehead atoms. The largest absolute Gasteiger partial charge is 0.364 e. The Labute approximate surface area is 155 Å². The van der Waals surface area contributed by atoms with Crippen molar-refractivity contribution in [3.05, 3.63) is 29.3 Å². The van der Waals surface area contributed by atoms with Gasteiger partial charge in [0.1, 0.15) is 25.3 Å². The number of quaternary nitrogens is 1. The van der Waals surface area contributed by atoms with E-state index >= 15 is 0 Å². The molecule has 4 N–H and O–H groups in total. The molecule has 0 aromatic heterocycles. The minimum absolute atomic E-state index is 0.0654. The van der Waals surface area contributed by atoms with E-state index in [-0.39, 0.29) is 18.1 Å². The SMILES string of the molecule is Cc1ccc(C)c(NC(=S)NNC(=O)CC[NH+]2C[C@H](C)O[C@@H](C)C2)c1. The van der Waals surface area contributed by atoms with Crippen molar-refractivity contribution in [3.8, 4) is 0 Å². The van der Waals surface area contributed by atoms with Gasteiger partial charge in [0, 0.05) is 5.69 Å². The zero-order valence-corrected chi connectivity index (χ0v) is 16.3. The molecule has 0 spiro atoms. The fraction of sp³-hybridized carbons (Fsp3) is 0.556. The van der Waals surface area contributed by atoms with Crippen molar-refractivity contribution in [1.29, 1.82) is 0 Å². The number of nitrogens with one attached hydrogen (secondary N) is 4. The number of morpholine rings is 1. The maximum absolute atomic E-state index is 12.0. The van der Waals surface area contributed by atoms with Gasteiger partial charge in [-0.25, -0.2) is 0 Å². The lowest BCUT2D eigenvalue weighted by molar-refractivity contribution is -0.914. The molecule has 0 aliphatic carbocycles. The Kier molecular flexibility index (Phi) is 7.16. The third kappa shape index (κ3) is 6.61. The second kappa shape index (κ2) is 9.12. The molecule has 1 aliphatic heterocycles. The fourth-order valence-electron chi connectivity index (χ4n) is 3.10. The molecule has 6 nitrogen and oxygen atoms in total. The number of anilines is 1. The molecule has 1 heterocycles. The Morgan fingerprint density at radius 3 is 2.60 bits per heavy atom. The van der Waals surface area contributed by atoms with Gasteiger partial charge in [-0.1, -0.05) is 12.1 Å². The van der Waals surface area contributed by atoms with Crippen LogP contribution in [0.3, 0.4) is 0 Å². The average molecular weight is 366 g/mol. The van der Waals surface area contributed by atoms with Crippen LogP contribution in [0.4, 0.5) is 5.69 Å². The van der Waals surface area contributed by atoms with Crippen LogP contribution in [0.15, 0.2) is 18.2 Å². The highest BCUT2D eigenvalue weighted by Gasteiger charge is 2.25. The summed E-state index contributed by atoms with van der Waals surface area (Å²) in [5, 5.41) is 3.49. The van der Waals surface area contributed by atoms with Crippen LogP contribution in [-0.2, 0) is 9.53 Å². The van der Waals surface area contributed by atoms with Crippen molar-refractivity contribution in [2.75, 3.05) is 25.0 Å². The maximum atomic E-state index is 12.0. The quantitative estimate of drug-likeness (QED) is 0.467. The number of hydrazine groups is 1. The molecular formula is C18H29N4O2S+. The summed E-state index contributed by atoms with van der Waals surface area (Å²) in [5.74, 6) is -0.0654. The van der Waals surface area contributed by atoms with E-state index in [2.05, 4.69) is 36.1 Å². The molecule has 7 heteroatoms. The molecule has 1 amide bonds. The lowest BCUT2D eigenvalue weighted by atomic mass is 10.1. The van der Waals surface area contributed by atoms with E-state index in [0.29, 0.717) is 11.5 Å². The molecule has 25 heavy (non-hydrogen) atoms. The van der Waals surface area contributed by atoms with Crippen molar-refractivity contribution in [2.24, 2.45) is 0 Å². The number of ether oxygens (including phenoxy) is 1. The van der Waals surface area contributed by atoms with Crippen LogP contribution in [0.1, 0.15) is 31.4 Å². The van der Waals surface area contributed by atoms with Crippen LogP contribution >= 0.6 is 12.2 Å². The number of amides is 1. The number of hydrogen-bond donors (Lipinski definition) is 4. The van der Waals surface area contributed by atoms with Crippen LogP contribution in [0, 0.1) is 13.8 Å². The second-order valence-corrected chi connectivity index (χ2v) is 7.27. The summed E-state index contributed by atoms with van der Waals surface area (Å²) in [6, 6.07) is 6.11. The second-order valence-electron chi connectivity index (χ2n) is 6.86. The minimum atomic E-state index is -0.0654. The van der Waals surface area contributed by atoms with Gasteiger partial charge in [-0.2, -0.15) is 0 Å². The first kappa shape index (κ1) is 19.6. The fourth-order valence-corrected chi connectivity index (χ4v) is 3.26. The van der Waals surface area contributed by atoms with Gasteiger partial charge in [-0.05, 0) is 57.1 Å². The molecule has 2 atom stereocenters. The number of benzene rings is 1. The number of thiocarbonyl (C=S) groups is 1. The van der Waals surface area contributed by atoms with Gasteiger partial charge in [0.05, 0.1) is 13.0 Å². The van der Waals surface area contributed by atoms with Crippen LogP contribution in [0.25, 0.3) is 0 Å². The molecule has 0 saturated carbocycles. The highest BCUT2D eigenvalue weighted by Crippen LogP contribution is 2.15. The molecule has 1 aliphatic rings. The zero-order chi connectivity index (χ0) is 18.4. The number of hydrogen-bond acceptors (Lipinski definition) is 3. The van der Waals surface area contributed by atoms with Crippen molar-refractivity contribution in [3.63, 3.8) is 0 Å². The van der Waals surface area contributed by atoms with Gasteiger partial charge in [0.15, 0.2) is 5.11 Å². The van der Waals surface area contributed by atoms with Crippen molar-refractivity contribution < 1.29 is 14.4 Å². The molecule has 1 saturated heterocycles. The molecule has 2 rings (SSSR count). The molecule has 0 radical (unpaired) electrons. The molecule has 1 aromatic rings. The number of carbonyl (C=O) groups excluding carboxylic acids is 1. The van der Waals surface area contributed by atoms with Crippen LogP contribution in [0.5, 0.6) is 0 Å². The van der Waals surface area contributed by atoms with Crippen LogP contribution < -0.4 is 21.1 Å². The summed E-state index contributed by atoms with van der Waals surface area (Å²) >= 11 is 5.24. The van der Waals surface area contributed by atoms with Crippen LogP contribution in [0.2, 0.25) is 0 Å². The highest BCUT2D eigenvalue weighted by molar-refractivity contribution is 7.80. The van der Waals surface area contributed by atoms with E-state index in [1.165, 1.54) is 4.90 Å². The minimum Gasteiger partial charge on any atom is -0.364 e. The monoisotopic (exact) mass is 365 g/mol. The Bertz CT molecular complexity index is 613. The topological polar surface area (TPSA) is 66.8 Å². The third-order valence-corrected chi connectivity index (χ3v) is 4.48. The Balaban J connectivity index is 1.70.